The Bertz CT molecular complexity index is 609. The van der Waals surface area contributed by atoms with E-state index >= 15 is 0 Å². The number of nitrogens with one attached hydrogen (secondary N) is 1. The summed E-state index contributed by atoms with van der Waals surface area (Å²) in [6, 6.07) is 5.72. The molecule has 0 aromatic heterocycles. The van der Waals surface area contributed by atoms with Crippen LogP contribution in [0.25, 0.3) is 0 Å². The minimum absolute atomic E-state index is 0.0309. The van der Waals surface area contributed by atoms with Crippen LogP contribution in [-0.4, -0.2) is 33.6 Å². The molecule has 1 aromatic rings. The Morgan fingerprint density at radius 2 is 2.15 bits per heavy atom. The first-order chi connectivity index (χ1) is 9.36. The van der Waals surface area contributed by atoms with Crippen LogP contribution in [0.4, 0.5) is 0 Å². The molecule has 0 radical (unpaired) electrons. The summed E-state index contributed by atoms with van der Waals surface area (Å²) in [5, 5.41) is 0. The number of ether oxygens (including phenoxy) is 1. The third-order valence-corrected chi connectivity index (χ3v) is 4.93. The summed E-state index contributed by atoms with van der Waals surface area (Å²) in [4.78, 5) is 11.4. The number of rotatable bonds is 5. The average Bonchev–Trinajstić information content (AvgIpc) is 2.42. The highest BCUT2D eigenvalue weighted by Gasteiger charge is 2.33. The molecule has 2 rings (SSSR count). The Morgan fingerprint density at radius 1 is 1.45 bits per heavy atom. The van der Waals surface area contributed by atoms with Crippen molar-refractivity contribution in [3.63, 3.8) is 0 Å². The largest absolute Gasteiger partial charge is 0.465 e. The summed E-state index contributed by atoms with van der Waals surface area (Å²) in [7, 11) is -2.43. The second kappa shape index (κ2) is 5.51. The van der Waals surface area contributed by atoms with Crippen LogP contribution < -0.4 is 10.5 Å². The molecule has 7 heteroatoms. The first-order valence-corrected chi connectivity index (χ1v) is 7.82. The Balaban J connectivity index is 2.14. The summed E-state index contributed by atoms with van der Waals surface area (Å²) in [6.07, 6.45) is 2.66. The lowest BCUT2D eigenvalue weighted by molar-refractivity contribution is 0.0600. The Hall–Kier alpha value is -1.44. The van der Waals surface area contributed by atoms with E-state index in [4.69, 9.17) is 5.73 Å². The fourth-order valence-electron chi connectivity index (χ4n) is 2.04. The molecule has 1 fully saturated rings. The van der Waals surface area contributed by atoms with E-state index in [9.17, 15) is 13.2 Å². The molecule has 1 aliphatic carbocycles. The molecule has 0 saturated heterocycles. The van der Waals surface area contributed by atoms with Gasteiger partial charge in [0.1, 0.15) is 0 Å². The molecular formula is C13H18N2O4S. The van der Waals surface area contributed by atoms with Crippen LogP contribution in [0.2, 0.25) is 0 Å². The molecule has 1 aliphatic rings. The lowest BCUT2D eigenvalue weighted by Gasteiger charge is -2.38. The predicted octanol–water partition coefficient (Wildman–Crippen LogP) is 0.633. The van der Waals surface area contributed by atoms with Crippen molar-refractivity contribution in [2.45, 2.75) is 29.7 Å². The maximum atomic E-state index is 12.2. The van der Waals surface area contributed by atoms with E-state index in [1.807, 2.05) is 0 Å². The van der Waals surface area contributed by atoms with E-state index in [1.54, 1.807) is 0 Å². The Labute approximate surface area is 118 Å². The van der Waals surface area contributed by atoms with Crippen molar-refractivity contribution in [3.05, 3.63) is 29.8 Å². The number of methoxy groups -OCH3 is 1. The van der Waals surface area contributed by atoms with Gasteiger partial charge in [0.2, 0.25) is 10.0 Å². The van der Waals surface area contributed by atoms with E-state index in [0.29, 0.717) is 0 Å². The number of carbonyl (C=O) groups excluding carboxylic acids is 1. The first-order valence-electron chi connectivity index (χ1n) is 6.33. The van der Waals surface area contributed by atoms with Crippen molar-refractivity contribution in [2.24, 2.45) is 5.73 Å². The molecule has 0 heterocycles. The molecule has 20 heavy (non-hydrogen) atoms. The molecule has 1 aromatic carbocycles. The number of sulfonamides is 1. The summed E-state index contributed by atoms with van der Waals surface area (Å²) in [6.45, 7) is 0.206. The maximum absolute atomic E-state index is 12.2. The molecule has 0 bridgehead atoms. The normalized spacial score (nSPS) is 17.3. The van der Waals surface area contributed by atoms with E-state index in [0.717, 1.165) is 19.3 Å². The van der Waals surface area contributed by atoms with Crippen molar-refractivity contribution < 1.29 is 17.9 Å². The highest BCUT2D eigenvalue weighted by molar-refractivity contribution is 7.89. The maximum Gasteiger partial charge on any atom is 0.337 e. The van der Waals surface area contributed by atoms with E-state index in [2.05, 4.69) is 9.46 Å². The predicted molar refractivity (Wildman–Crippen MR) is 73.7 cm³/mol. The van der Waals surface area contributed by atoms with Gasteiger partial charge >= 0.3 is 5.97 Å². The van der Waals surface area contributed by atoms with Crippen molar-refractivity contribution in [1.29, 1.82) is 0 Å². The Morgan fingerprint density at radius 3 is 2.70 bits per heavy atom. The molecule has 0 unspecified atom stereocenters. The van der Waals surface area contributed by atoms with Gasteiger partial charge in [0.15, 0.2) is 0 Å². The third-order valence-electron chi connectivity index (χ3n) is 3.53. The standard InChI is InChI=1S/C13H18N2O4S/c1-19-12(16)10-4-2-5-11(8-10)20(17,18)15-9-13(14)6-3-7-13/h2,4-5,8,15H,3,6-7,9,14H2,1H3. The number of benzene rings is 1. The van der Waals surface area contributed by atoms with Gasteiger partial charge in [-0.2, -0.15) is 0 Å². The molecule has 3 N–H and O–H groups in total. The lowest BCUT2D eigenvalue weighted by atomic mass is 9.78. The molecule has 0 aliphatic heterocycles. The SMILES string of the molecule is COC(=O)c1cccc(S(=O)(=O)NCC2(N)CCC2)c1. The molecule has 1 saturated carbocycles. The highest BCUT2D eigenvalue weighted by atomic mass is 32.2. The van der Waals surface area contributed by atoms with Gasteiger partial charge in [-0.3, -0.25) is 0 Å². The summed E-state index contributed by atoms with van der Waals surface area (Å²) < 4.78 is 31.4. The van der Waals surface area contributed by atoms with Gasteiger partial charge in [0.25, 0.3) is 0 Å². The third kappa shape index (κ3) is 3.17. The second-order valence-electron chi connectivity index (χ2n) is 5.06. The molecule has 0 atom stereocenters. The smallest absolute Gasteiger partial charge is 0.337 e. The molecule has 6 nitrogen and oxygen atoms in total. The van der Waals surface area contributed by atoms with Gasteiger partial charge in [-0.1, -0.05) is 6.07 Å². The topological polar surface area (TPSA) is 98.5 Å². The molecule has 0 spiro atoms. The zero-order valence-electron chi connectivity index (χ0n) is 11.3. The number of hydrogen-bond donors (Lipinski definition) is 2. The highest BCUT2D eigenvalue weighted by Crippen LogP contribution is 2.28. The minimum atomic E-state index is -3.67. The Kier molecular flexibility index (Phi) is 4.12. The number of nitrogens with two attached hydrogens (primary N) is 1. The fraction of sp³-hybridized carbons (Fsp3) is 0.462. The van der Waals surface area contributed by atoms with Gasteiger partial charge in [0.05, 0.1) is 17.6 Å². The monoisotopic (exact) mass is 298 g/mol. The first kappa shape index (κ1) is 15.0. The lowest BCUT2D eigenvalue weighted by Crippen LogP contribution is -2.54. The van der Waals surface area contributed by atoms with Crippen LogP contribution in [0, 0.1) is 0 Å². The van der Waals surface area contributed by atoms with E-state index < -0.39 is 21.5 Å². The van der Waals surface area contributed by atoms with Crippen LogP contribution in [-0.2, 0) is 14.8 Å². The second-order valence-corrected chi connectivity index (χ2v) is 6.83. The number of carbonyl (C=O) groups is 1. The van der Waals surface area contributed by atoms with Crippen molar-refractivity contribution in [1.82, 2.24) is 4.72 Å². The average molecular weight is 298 g/mol. The van der Waals surface area contributed by atoms with Crippen molar-refractivity contribution in [2.75, 3.05) is 13.7 Å². The van der Waals surface area contributed by atoms with Crippen molar-refractivity contribution >= 4 is 16.0 Å². The van der Waals surface area contributed by atoms with E-state index in [1.165, 1.54) is 31.4 Å². The molecular weight excluding hydrogens is 280 g/mol. The minimum Gasteiger partial charge on any atom is -0.465 e. The summed E-state index contributed by atoms with van der Waals surface area (Å²) in [5.41, 5.74) is 5.75. The van der Waals surface area contributed by atoms with E-state index in [-0.39, 0.29) is 17.0 Å². The van der Waals surface area contributed by atoms with Gasteiger partial charge in [0, 0.05) is 12.1 Å². The number of esters is 1. The quantitative estimate of drug-likeness (QED) is 0.777. The van der Waals surface area contributed by atoms with Crippen molar-refractivity contribution in [3.8, 4) is 0 Å². The fourth-order valence-corrected chi connectivity index (χ4v) is 3.22. The number of hydrogen-bond acceptors (Lipinski definition) is 5. The molecule has 110 valence electrons. The summed E-state index contributed by atoms with van der Waals surface area (Å²) in [5.74, 6) is -0.573. The van der Waals surface area contributed by atoms with Crippen LogP contribution in [0.15, 0.2) is 29.2 Å². The molecule has 0 amide bonds. The zero-order valence-corrected chi connectivity index (χ0v) is 12.1. The van der Waals surface area contributed by atoms with Gasteiger partial charge in [-0.15, -0.1) is 0 Å². The van der Waals surface area contributed by atoms with Crippen LogP contribution in [0.1, 0.15) is 29.6 Å². The summed E-state index contributed by atoms with van der Waals surface area (Å²) >= 11 is 0. The van der Waals surface area contributed by atoms with Crippen LogP contribution >= 0.6 is 0 Å². The van der Waals surface area contributed by atoms with Gasteiger partial charge in [-0.25, -0.2) is 17.9 Å². The van der Waals surface area contributed by atoms with Gasteiger partial charge < -0.3 is 10.5 Å². The van der Waals surface area contributed by atoms with Gasteiger partial charge in [-0.05, 0) is 37.5 Å². The zero-order chi connectivity index (χ0) is 14.8. The van der Waals surface area contributed by atoms with Crippen LogP contribution in [0.5, 0.6) is 0 Å². The van der Waals surface area contributed by atoms with Crippen LogP contribution in [0.3, 0.4) is 0 Å².